The highest BCUT2D eigenvalue weighted by Gasteiger charge is 1.98. The van der Waals surface area contributed by atoms with Crippen LogP contribution in [0.25, 0.3) is 0 Å². The molecule has 5 heteroatoms. The zero-order valence-electron chi connectivity index (χ0n) is 6.28. The van der Waals surface area contributed by atoms with Crippen LogP contribution in [0, 0.1) is 6.92 Å². The van der Waals surface area contributed by atoms with Gasteiger partial charge in [-0.05, 0) is 24.9 Å². The van der Waals surface area contributed by atoms with E-state index >= 15 is 0 Å². The molecule has 0 saturated heterocycles. The van der Waals surface area contributed by atoms with Crippen molar-refractivity contribution in [2.24, 2.45) is 0 Å². The van der Waals surface area contributed by atoms with E-state index < -0.39 is 0 Å². The average Bonchev–Trinajstić information content (AvgIpc) is 2.37. The van der Waals surface area contributed by atoms with Gasteiger partial charge in [0.15, 0.2) is 4.34 Å². The molecular formula is C6H10N2OS2. The molecule has 1 heterocycles. The Balaban J connectivity index is 2.27. The van der Waals surface area contributed by atoms with Gasteiger partial charge in [0.2, 0.25) is 0 Å². The number of rotatable bonds is 4. The Morgan fingerprint density at radius 3 is 3.00 bits per heavy atom. The standard InChI is InChI=1S/C6H10N2OS2/c1-5-7-6(11-8-5)10-4-2-3-9/h9H,2-4H2,1H3. The van der Waals surface area contributed by atoms with Crippen molar-refractivity contribution in [3.8, 4) is 0 Å². The lowest BCUT2D eigenvalue weighted by molar-refractivity contribution is 0.296. The first-order valence-electron chi connectivity index (χ1n) is 3.37. The molecule has 0 aliphatic carbocycles. The minimum Gasteiger partial charge on any atom is -0.396 e. The second-order valence-electron chi connectivity index (χ2n) is 2.03. The molecular weight excluding hydrogens is 180 g/mol. The maximum Gasteiger partial charge on any atom is 0.170 e. The van der Waals surface area contributed by atoms with Gasteiger partial charge in [0.25, 0.3) is 0 Å². The van der Waals surface area contributed by atoms with E-state index in [1.165, 1.54) is 11.5 Å². The first-order valence-corrected chi connectivity index (χ1v) is 5.13. The van der Waals surface area contributed by atoms with Crippen LogP contribution < -0.4 is 0 Å². The van der Waals surface area contributed by atoms with Gasteiger partial charge in [0.05, 0.1) is 0 Å². The van der Waals surface area contributed by atoms with E-state index in [9.17, 15) is 0 Å². The summed E-state index contributed by atoms with van der Waals surface area (Å²) in [7, 11) is 0. The van der Waals surface area contributed by atoms with Crippen LogP contribution >= 0.6 is 23.3 Å². The zero-order chi connectivity index (χ0) is 8.10. The summed E-state index contributed by atoms with van der Waals surface area (Å²) in [6.45, 7) is 2.14. The SMILES string of the molecule is Cc1nsc(SCCCO)n1. The van der Waals surface area contributed by atoms with Crippen LogP contribution in [0.3, 0.4) is 0 Å². The monoisotopic (exact) mass is 190 g/mol. The van der Waals surface area contributed by atoms with Crippen molar-refractivity contribution in [1.82, 2.24) is 9.36 Å². The number of aliphatic hydroxyl groups is 1. The van der Waals surface area contributed by atoms with Crippen molar-refractivity contribution in [2.45, 2.75) is 17.7 Å². The molecule has 1 rings (SSSR count). The molecule has 0 unspecified atom stereocenters. The fourth-order valence-corrected chi connectivity index (χ4v) is 2.20. The van der Waals surface area contributed by atoms with Crippen molar-refractivity contribution < 1.29 is 5.11 Å². The summed E-state index contributed by atoms with van der Waals surface area (Å²) in [5, 5.41) is 8.50. The van der Waals surface area contributed by atoms with Gasteiger partial charge in [0, 0.05) is 12.4 Å². The molecule has 11 heavy (non-hydrogen) atoms. The summed E-state index contributed by atoms with van der Waals surface area (Å²) < 4.78 is 5.04. The van der Waals surface area contributed by atoms with Crippen LogP contribution in [0.4, 0.5) is 0 Å². The maximum absolute atomic E-state index is 8.50. The Labute approximate surface area is 74.0 Å². The first-order chi connectivity index (χ1) is 5.33. The number of nitrogens with zero attached hydrogens (tertiary/aromatic N) is 2. The van der Waals surface area contributed by atoms with Gasteiger partial charge < -0.3 is 5.11 Å². The fraction of sp³-hybridized carbons (Fsp3) is 0.667. The molecule has 1 aromatic heterocycles. The largest absolute Gasteiger partial charge is 0.396 e. The molecule has 1 aromatic rings. The Bertz CT molecular complexity index is 214. The molecule has 0 radical (unpaired) electrons. The number of aliphatic hydroxyl groups excluding tert-OH is 1. The number of aryl methyl sites for hydroxylation is 1. The van der Waals surface area contributed by atoms with Gasteiger partial charge in [-0.1, -0.05) is 11.8 Å². The lowest BCUT2D eigenvalue weighted by atomic mass is 10.5. The van der Waals surface area contributed by atoms with Crippen LogP contribution in [0.2, 0.25) is 0 Å². The molecule has 0 aromatic carbocycles. The third-order valence-corrected chi connectivity index (χ3v) is 3.05. The summed E-state index contributed by atoms with van der Waals surface area (Å²) in [6.07, 6.45) is 0.823. The molecule has 0 fully saturated rings. The van der Waals surface area contributed by atoms with E-state index in [0.717, 1.165) is 22.3 Å². The summed E-state index contributed by atoms with van der Waals surface area (Å²) in [4.78, 5) is 4.17. The van der Waals surface area contributed by atoms with Gasteiger partial charge in [-0.3, -0.25) is 0 Å². The predicted molar refractivity (Wildman–Crippen MR) is 47.1 cm³/mol. The Kier molecular flexibility index (Phi) is 3.82. The molecule has 0 saturated carbocycles. The summed E-state index contributed by atoms with van der Waals surface area (Å²) in [5.41, 5.74) is 0. The normalized spacial score (nSPS) is 10.4. The minimum atomic E-state index is 0.255. The Morgan fingerprint density at radius 2 is 2.45 bits per heavy atom. The summed E-state index contributed by atoms with van der Waals surface area (Å²) in [6, 6.07) is 0. The van der Waals surface area contributed by atoms with E-state index in [2.05, 4.69) is 9.36 Å². The first kappa shape index (κ1) is 8.96. The average molecular weight is 190 g/mol. The Morgan fingerprint density at radius 1 is 1.64 bits per heavy atom. The molecule has 0 bridgehead atoms. The topological polar surface area (TPSA) is 46.0 Å². The summed E-state index contributed by atoms with van der Waals surface area (Å²) in [5.74, 6) is 1.76. The van der Waals surface area contributed by atoms with E-state index in [4.69, 9.17) is 5.11 Å². The zero-order valence-corrected chi connectivity index (χ0v) is 7.91. The van der Waals surface area contributed by atoms with E-state index in [1.807, 2.05) is 6.92 Å². The van der Waals surface area contributed by atoms with Gasteiger partial charge in [-0.25, -0.2) is 4.98 Å². The van der Waals surface area contributed by atoms with Gasteiger partial charge in [0.1, 0.15) is 5.82 Å². The maximum atomic E-state index is 8.50. The van der Waals surface area contributed by atoms with Crippen LogP contribution in [-0.4, -0.2) is 26.8 Å². The van der Waals surface area contributed by atoms with E-state index in [1.54, 1.807) is 11.8 Å². The molecule has 1 N–H and O–H groups in total. The van der Waals surface area contributed by atoms with Crippen molar-refractivity contribution in [1.29, 1.82) is 0 Å². The smallest absolute Gasteiger partial charge is 0.170 e. The number of hydrogen-bond donors (Lipinski definition) is 1. The van der Waals surface area contributed by atoms with Gasteiger partial charge in [-0.2, -0.15) is 4.37 Å². The molecule has 0 atom stereocenters. The second-order valence-corrected chi connectivity index (χ2v) is 4.13. The summed E-state index contributed by atoms with van der Waals surface area (Å²) >= 11 is 3.07. The van der Waals surface area contributed by atoms with Crippen LogP contribution in [0.15, 0.2) is 4.34 Å². The molecule has 0 spiro atoms. The minimum absolute atomic E-state index is 0.255. The number of hydrogen-bond acceptors (Lipinski definition) is 5. The lowest BCUT2D eigenvalue weighted by Crippen LogP contribution is -1.84. The molecule has 62 valence electrons. The van der Waals surface area contributed by atoms with Crippen LogP contribution in [-0.2, 0) is 0 Å². The van der Waals surface area contributed by atoms with Crippen molar-refractivity contribution in [3.05, 3.63) is 5.82 Å². The highest BCUT2D eigenvalue weighted by molar-refractivity contribution is 8.00. The molecule has 0 aliphatic heterocycles. The molecule has 3 nitrogen and oxygen atoms in total. The second kappa shape index (κ2) is 4.69. The van der Waals surface area contributed by atoms with E-state index in [-0.39, 0.29) is 6.61 Å². The van der Waals surface area contributed by atoms with Crippen LogP contribution in [0.5, 0.6) is 0 Å². The lowest BCUT2D eigenvalue weighted by Gasteiger charge is -1.91. The fourth-order valence-electron chi connectivity index (χ4n) is 0.561. The van der Waals surface area contributed by atoms with Crippen LogP contribution in [0.1, 0.15) is 12.2 Å². The van der Waals surface area contributed by atoms with E-state index in [0.29, 0.717) is 0 Å². The predicted octanol–water partition coefficient (Wildman–Crippen LogP) is 1.32. The third kappa shape index (κ3) is 3.18. The van der Waals surface area contributed by atoms with Crippen molar-refractivity contribution in [3.63, 3.8) is 0 Å². The number of aromatic nitrogens is 2. The highest BCUT2D eigenvalue weighted by atomic mass is 32.2. The molecule has 0 amide bonds. The highest BCUT2D eigenvalue weighted by Crippen LogP contribution is 2.19. The van der Waals surface area contributed by atoms with Crippen molar-refractivity contribution >= 4 is 23.3 Å². The third-order valence-electron chi connectivity index (χ3n) is 1.04. The molecule has 0 aliphatic rings. The van der Waals surface area contributed by atoms with Crippen molar-refractivity contribution in [2.75, 3.05) is 12.4 Å². The van der Waals surface area contributed by atoms with Gasteiger partial charge in [-0.15, -0.1) is 0 Å². The quantitative estimate of drug-likeness (QED) is 0.574. The number of thioether (sulfide) groups is 1. The Hall–Kier alpha value is -0.130. The van der Waals surface area contributed by atoms with Gasteiger partial charge >= 0.3 is 0 Å².